The van der Waals surface area contributed by atoms with Crippen molar-refractivity contribution in [3.05, 3.63) is 51.4 Å². The number of benzene rings is 1. The van der Waals surface area contributed by atoms with E-state index in [2.05, 4.69) is 0 Å². The Morgan fingerprint density at radius 1 is 1.26 bits per heavy atom. The minimum Gasteiger partial charge on any atom is -0.497 e. The van der Waals surface area contributed by atoms with Gasteiger partial charge in [-0.15, -0.1) is 0 Å². The second-order valence-electron chi connectivity index (χ2n) is 3.96. The maximum absolute atomic E-state index is 12.7. The third-order valence-electron chi connectivity index (χ3n) is 2.68. The van der Waals surface area contributed by atoms with Gasteiger partial charge in [0.25, 0.3) is 5.56 Å². The number of hydrogen-bond acceptors (Lipinski definition) is 2. The van der Waals surface area contributed by atoms with Gasteiger partial charge in [-0.1, -0.05) is 12.1 Å². The molecule has 1 aromatic carbocycles. The summed E-state index contributed by atoms with van der Waals surface area (Å²) in [5.74, 6) is 0.526. The van der Waals surface area contributed by atoms with E-state index >= 15 is 0 Å². The van der Waals surface area contributed by atoms with E-state index in [1.807, 2.05) is 10.2 Å². The number of alkyl halides is 3. The van der Waals surface area contributed by atoms with Crippen molar-refractivity contribution in [2.75, 3.05) is 7.11 Å². The van der Waals surface area contributed by atoms with Crippen molar-refractivity contribution in [1.29, 1.82) is 0 Å². The Morgan fingerprint density at radius 3 is 2.63 bits per heavy atom. The number of ether oxygens (including phenoxy) is 1. The molecule has 0 fully saturated rings. The molecule has 0 atom stereocenters. The van der Waals surface area contributed by atoms with Gasteiger partial charge in [-0.3, -0.25) is 15.0 Å². The molecular formula is C12H11F3N2O2. The number of methoxy groups -OCH3 is 1. The zero-order valence-electron chi connectivity index (χ0n) is 9.97. The van der Waals surface area contributed by atoms with Gasteiger partial charge in [0.1, 0.15) is 11.4 Å². The molecule has 1 aromatic heterocycles. The lowest BCUT2D eigenvalue weighted by atomic mass is 10.0. The lowest BCUT2D eigenvalue weighted by molar-refractivity contribution is -0.141. The van der Waals surface area contributed by atoms with E-state index in [0.29, 0.717) is 11.3 Å². The van der Waals surface area contributed by atoms with Crippen LogP contribution < -0.4 is 10.3 Å². The minimum atomic E-state index is -4.59. The zero-order chi connectivity index (χ0) is 14.0. The topological polar surface area (TPSA) is 57.9 Å². The summed E-state index contributed by atoms with van der Waals surface area (Å²) in [6.07, 6.45) is -4.71. The van der Waals surface area contributed by atoms with Crippen LogP contribution in [0.5, 0.6) is 5.75 Å². The number of aromatic amines is 2. The molecule has 0 aliphatic carbocycles. The first-order chi connectivity index (χ1) is 8.91. The average molecular weight is 272 g/mol. The van der Waals surface area contributed by atoms with Crippen LogP contribution in [0.1, 0.15) is 16.8 Å². The zero-order valence-corrected chi connectivity index (χ0v) is 9.97. The fourth-order valence-corrected chi connectivity index (χ4v) is 1.78. The standard InChI is InChI=1S/C12H11F3N2O2/c1-19-8-4-2-3-7(5-8)6-9-10(12(13,14)15)16-17-11(9)18/h2-5H,6H2,1H3,(H2,16,17,18). The molecule has 102 valence electrons. The van der Waals surface area contributed by atoms with Crippen molar-refractivity contribution in [3.63, 3.8) is 0 Å². The number of halogens is 3. The van der Waals surface area contributed by atoms with Crippen molar-refractivity contribution in [2.24, 2.45) is 0 Å². The Labute approximate surface area is 106 Å². The predicted octanol–water partition coefficient (Wildman–Crippen LogP) is 2.32. The molecular weight excluding hydrogens is 261 g/mol. The highest BCUT2D eigenvalue weighted by molar-refractivity contribution is 5.33. The molecule has 7 heteroatoms. The molecule has 0 amide bonds. The molecule has 19 heavy (non-hydrogen) atoms. The number of rotatable bonds is 3. The van der Waals surface area contributed by atoms with Crippen molar-refractivity contribution in [3.8, 4) is 5.75 Å². The van der Waals surface area contributed by atoms with Crippen molar-refractivity contribution < 1.29 is 17.9 Å². The molecule has 0 radical (unpaired) electrons. The van der Waals surface area contributed by atoms with E-state index in [4.69, 9.17) is 4.74 Å². The molecule has 4 nitrogen and oxygen atoms in total. The number of aromatic nitrogens is 2. The van der Waals surface area contributed by atoms with E-state index in [1.54, 1.807) is 24.3 Å². The number of nitrogens with one attached hydrogen (secondary N) is 2. The first-order valence-corrected chi connectivity index (χ1v) is 5.41. The quantitative estimate of drug-likeness (QED) is 0.900. The van der Waals surface area contributed by atoms with Gasteiger partial charge in [0.2, 0.25) is 0 Å². The van der Waals surface area contributed by atoms with E-state index in [9.17, 15) is 18.0 Å². The summed E-state index contributed by atoms with van der Waals surface area (Å²) in [5, 5.41) is 3.83. The smallest absolute Gasteiger partial charge is 0.433 e. The lowest BCUT2D eigenvalue weighted by Gasteiger charge is -2.07. The van der Waals surface area contributed by atoms with Gasteiger partial charge in [0.05, 0.1) is 12.7 Å². The van der Waals surface area contributed by atoms with Crippen LogP contribution in [0.2, 0.25) is 0 Å². The van der Waals surface area contributed by atoms with Gasteiger partial charge in [-0.2, -0.15) is 13.2 Å². The molecule has 0 aliphatic rings. The molecule has 1 heterocycles. The second-order valence-corrected chi connectivity index (χ2v) is 3.96. The van der Waals surface area contributed by atoms with Crippen LogP contribution in [0, 0.1) is 0 Å². The third kappa shape index (κ3) is 2.81. The molecule has 2 rings (SSSR count). The monoisotopic (exact) mass is 272 g/mol. The van der Waals surface area contributed by atoms with Crippen LogP contribution in [0.4, 0.5) is 13.2 Å². The van der Waals surface area contributed by atoms with Gasteiger partial charge in [0, 0.05) is 6.42 Å². The van der Waals surface area contributed by atoms with Crippen molar-refractivity contribution in [2.45, 2.75) is 12.6 Å². The van der Waals surface area contributed by atoms with Crippen LogP contribution in [-0.4, -0.2) is 17.3 Å². The summed E-state index contributed by atoms with van der Waals surface area (Å²) >= 11 is 0. The van der Waals surface area contributed by atoms with Crippen molar-refractivity contribution in [1.82, 2.24) is 10.2 Å². The van der Waals surface area contributed by atoms with Crippen LogP contribution >= 0.6 is 0 Å². The van der Waals surface area contributed by atoms with Gasteiger partial charge in [-0.05, 0) is 17.7 Å². The molecule has 2 N–H and O–H groups in total. The molecule has 0 saturated carbocycles. The summed E-state index contributed by atoms with van der Waals surface area (Å²) in [4.78, 5) is 11.4. The van der Waals surface area contributed by atoms with Crippen molar-refractivity contribution >= 4 is 0 Å². The first kappa shape index (κ1) is 13.3. The number of H-pyrrole nitrogens is 2. The summed E-state index contributed by atoms with van der Waals surface area (Å²) < 4.78 is 43.1. The highest BCUT2D eigenvalue weighted by Crippen LogP contribution is 2.30. The second kappa shape index (κ2) is 4.83. The highest BCUT2D eigenvalue weighted by Gasteiger charge is 2.36. The summed E-state index contributed by atoms with van der Waals surface area (Å²) in [7, 11) is 1.46. The van der Waals surface area contributed by atoms with Crippen LogP contribution in [0.3, 0.4) is 0 Å². The first-order valence-electron chi connectivity index (χ1n) is 5.41. The van der Waals surface area contributed by atoms with Crippen LogP contribution in [0.15, 0.2) is 29.1 Å². The largest absolute Gasteiger partial charge is 0.497 e. The SMILES string of the molecule is COc1cccc(Cc2c(C(F)(F)F)[nH][nH]c2=O)c1. The maximum Gasteiger partial charge on any atom is 0.433 e. The Balaban J connectivity index is 2.38. The Bertz CT molecular complexity index is 628. The number of hydrogen-bond donors (Lipinski definition) is 2. The molecule has 0 bridgehead atoms. The third-order valence-corrected chi connectivity index (χ3v) is 2.68. The van der Waals surface area contributed by atoms with E-state index in [0.717, 1.165) is 0 Å². The van der Waals surface area contributed by atoms with Crippen LogP contribution in [-0.2, 0) is 12.6 Å². The molecule has 2 aromatic rings. The molecule has 0 saturated heterocycles. The normalized spacial score (nSPS) is 11.6. The lowest BCUT2D eigenvalue weighted by Crippen LogP contribution is -2.13. The van der Waals surface area contributed by atoms with Crippen LogP contribution in [0.25, 0.3) is 0 Å². The van der Waals surface area contributed by atoms with Gasteiger partial charge in [-0.25, -0.2) is 0 Å². The van der Waals surface area contributed by atoms with E-state index < -0.39 is 17.4 Å². The summed E-state index contributed by atoms with van der Waals surface area (Å²) in [6.45, 7) is 0. The average Bonchev–Trinajstić information content (AvgIpc) is 2.71. The minimum absolute atomic E-state index is 0.120. The predicted molar refractivity (Wildman–Crippen MR) is 62.2 cm³/mol. The maximum atomic E-state index is 12.7. The summed E-state index contributed by atoms with van der Waals surface area (Å²) in [5.41, 5.74) is -1.58. The Hall–Kier alpha value is -2.18. The molecule has 0 aliphatic heterocycles. The van der Waals surface area contributed by atoms with Gasteiger partial charge < -0.3 is 4.74 Å². The highest BCUT2D eigenvalue weighted by atomic mass is 19.4. The van der Waals surface area contributed by atoms with E-state index in [1.165, 1.54) is 7.11 Å². The van der Waals surface area contributed by atoms with Gasteiger partial charge >= 0.3 is 6.18 Å². The van der Waals surface area contributed by atoms with Gasteiger partial charge in [0.15, 0.2) is 0 Å². The fourth-order valence-electron chi connectivity index (χ4n) is 1.78. The fraction of sp³-hybridized carbons (Fsp3) is 0.250. The Morgan fingerprint density at radius 2 is 2.00 bits per heavy atom. The van der Waals surface area contributed by atoms with E-state index in [-0.39, 0.29) is 12.0 Å². The Kier molecular flexibility index (Phi) is 3.37. The summed E-state index contributed by atoms with van der Waals surface area (Å²) in [6, 6.07) is 6.56. The molecule has 0 spiro atoms. The molecule has 0 unspecified atom stereocenters.